The Morgan fingerprint density at radius 2 is 1.91 bits per heavy atom. The molecule has 1 atom stereocenters. The number of aryl methyl sites for hydroxylation is 1. The molecule has 2 aromatic carbocycles. The summed E-state index contributed by atoms with van der Waals surface area (Å²) in [7, 11) is 1.67. The minimum absolute atomic E-state index is 0. The number of nitrogens with zero attached hydrogens (tertiary/aromatic N) is 5. The summed E-state index contributed by atoms with van der Waals surface area (Å²) in [5.74, 6) is -0.439. The summed E-state index contributed by atoms with van der Waals surface area (Å²) in [6.45, 7) is 0.903. The van der Waals surface area contributed by atoms with E-state index in [4.69, 9.17) is 5.73 Å². The Bertz CT molecular complexity index is 1190. The molecule has 1 aliphatic rings. The van der Waals surface area contributed by atoms with Crippen molar-refractivity contribution in [1.29, 1.82) is 0 Å². The second kappa shape index (κ2) is 9.90. The van der Waals surface area contributed by atoms with Crippen LogP contribution in [0.15, 0.2) is 76.7 Å². The van der Waals surface area contributed by atoms with Crippen molar-refractivity contribution >= 4 is 29.8 Å². The molecule has 1 unspecified atom stereocenters. The molecular weight excluding hydrogens is 418 g/mol. The molecule has 1 aromatic heterocycles. The summed E-state index contributed by atoms with van der Waals surface area (Å²) in [4.78, 5) is 35.0. The molecule has 170 valence electrons. The monoisotopic (exact) mass is 445 g/mol. The first kappa shape index (κ1) is 21.9. The van der Waals surface area contributed by atoms with Crippen LogP contribution in [0.4, 0.5) is 5.82 Å². The molecule has 4 rings (SSSR count). The highest BCUT2D eigenvalue weighted by Crippen LogP contribution is 2.26. The molecule has 33 heavy (non-hydrogen) atoms. The van der Waals surface area contributed by atoms with Crippen molar-refractivity contribution in [3.63, 3.8) is 0 Å². The highest BCUT2D eigenvalue weighted by Gasteiger charge is 2.31. The zero-order chi connectivity index (χ0) is 23.2. The lowest BCUT2D eigenvalue weighted by Gasteiger charge is -2.20. The van der Waals surface area contributed by atoms with Crippen LogP contribution < -0.4 is 16.0 Å². The van der Waals surface area contributed by atoms with E-state index in [2.05, 4.69) is 20.4 Å². The number of hydrogen-bond acceptors (Lipinski definition) is 4. The van der Waals surface area contributed by atoms with Gasteiger partial charge in [-0.1, -0.05) is 60.7 Å². The van der Waals surface area contributed by atoms with Gasteiger partial charge in [0, 0.05) is 26.6 Å². The molecule has 2 heterocycles. The molecule has 9 heteroatoms. The zero-order valence-electron chi connectivity index (χ0n) is 18.3. The van der Waals surface area contributed by atoms with E-state index >= 15 is 0 Å². The molecule has 1 aliphatic heterocycles. The molecule has 0 bridgehead atoms. The first-order valence-corrected chi connectivity index (χ1v) is 10.6. The SMILES string of the molecule is CN1C(=O)C(NC(=O)C(N)=NC=NCc2ccccc2)CCn2nc(-c3ccccc3)cc21.[HH]. The standard InChI is InChI=1S/C24H25N7O2.H2/c1-30-21-14-20(18-10-6-3-7-11-18)29-31(21)13-12-19(24(30)33)28-23(32)22(25)27-16-26-15-17-8-4-2-5-9-17;/h2-11,14,16,19H,12-13,15H2,1H3,(H,28,32)(H2,25,26,27);1H. The van der Waals surface area contributed by atoms with Gasteiger partial charge in [0.25, 0.3) is 11.8 Å². The Balaban J connectivity index is 0.00000324. The number of anilines is 1. The number of rotatable bonds is 5. The number of nitrogens with two attached hydrogens (primary N) is 1. The van der Waals surface area contributed by atoms with Gasteiger partial charge < -0.3 is 11.1 Å². The normalized spacial score (nSPS) is 16.5. The quantitative estimate of drug-likeness (QED) is 0.462. The smallest absolute Gasteiger partial charge is 0.287 e. The van der Waals surface area contributed by atoms with Gasteiger partial charge in [-0.15, -0.1) is 0 Å². The number of hydrogen-bond donors (Lipinski definition) is 2. The van der Waals surface area contributed by atoms with E-state index in [0.717, 1.165) is 16.8 Å². The number of aliphatic imine (C=N–C) groups is 2. The Morgan fingerprint density at radius 1 is 1.21 bits per heavy atom. The summed E-state index contributed by atoms with van der Waals surface area (Å²) in [5, 5.41) is 7.31. The summed E-state index contributed by atoms with van der Waals surface area (Å²) in [6.07, 6.45) is 1.64. The van der Waals surface area contributed by atoms with E-state index in [1.165, 1.54) is 11.2 Å². The van der Waals surface area contributed by atoms with Crippen LogP contribution in [0.1, 0.15) is 13.4 Å². The number of benzene rings is 2. The van der Waals surface area contributed by atoms with E-state index < -0.39 is 11.9 Å². The molecule has 0 spiro atoms. The first-order valence-electron chi connectivity index (χ1n) is 10.6. The highest BCUT2D eigenvalue weighted by molar-refractivity contribution is 6.38. The van der Waals surface area contributed by atoms with Crippen LogP contribution in [-0.4, -0.2) is 46.9 Å². The van der Waals surface area contributed by atoms with Crippen molar-refractivity contribution < 1.29 is 11.0 Å². The predicted octanol–water partition coefficient (Wildman–Crippen LogP) is 2.23. The van der Waals surface area contributed by atoms with Crippen molar-refractivity contribution in [2.75, 3.05) is 11.9 Å². The second-order valence-electron chi connectivity index (χ2n) is 7.65. The van der Waals surface area contributed by atoms with Gasteiger partial charge in [0.05, 0.1) is 12.2 Å². The third-order valence-corrected chi connectivity index (χ3v) is 5.36. The van der Waals surface area contributed by atoms with Crippen molar-refractivity contribution in [2.45, 2.75) is 25.6 Å². The van der Waals surface area contributed by atoms with Crippen molar-refractivity contribution in [3.8, 4) is 11.3 Å². The number of nitrogens with one attached hydrogen (secondary N) is 1. The van der Waals surface area contributed by atoms with Crippen LogP contribution >= 0.6 is 0 Å². The number of amidine groups is 1. The van der Waals surface area contributed by atoms with E-state index in [1.54, 1.807) is 11.7 Å². The number of fused-ring (bicyclic) bond motifs is 1. The Kier molecular flexibility index (Phi) is 6.58. The molecular formula is C24H27N7O2. The molecule has 0 fully saturated rings. The predicted molar refractivity (Wildman–Crippen MR) is 130 cm³/mol. The van der Waals surface area contributed by atoms with Gasteiger partial charge in [-0.3, -0.25) is 19.5 Å². The fraction of sp³-hybridized carbons (Fsp3) is 0.208. The lowest BCUT2D eigenvalue weighted by Crippen LogP contribution is -2.50. The van der Waals surface area contributed by atoms with Crippen LogP contribution in [0.25, 0.3) is 11.3 Å². The van der Waals surface area contributed by atoms with E-state index in [1.807, 2.05) is 66.7 Å². The molecule has 0 radical (unpaired) electrons. The molecule has 3 aromatic rings. The molecule has 2 amide bonds. The largest absolute Gasteiger partial charge is 0.379 e. The zero-order valence-corrected chi connectivity index (χ0v) is 18.3. The number of amides is 2. The Morgan fingerprint density at radius 3 is 2.64 bits per heavy atom. The van der Waals surface area contributed by atoms with Gasteiger partial charge in [0.1, 0.15) is 18.2 Å². The highest BCUT2D eigenvalue weighted by atomic mass is 16.2. The van der Waals surface area contributed by atoms with Gasteiger partial charge in [-0.25, -0.2) is 9.67 Å². The average Bonchev–Trinajstić information content (AvgIpc) is 3.24. The molecule has 0 aliphatic carbocycles. The van der Waals surface area contributed by atoms with Gasteiger partial charge in [-0.2, -0.15) is 5.10 Å². The lowest BCUT2D eigenvalue weighted by molar-refractivity contribution is -0.124. The summed E-state index contributed by atoms with van der Waals surface area (Å²) < 4.78 is 1.78. The molecule has 3 N–H and O–H groups in total. The van der Waals surface area contributed by atoms with Gasteiger partial charge in [-0.05, 0) is 12.0 Å². The Labute approximate surface area is 193 Å². The van der Waals surface area contributed by atoms with E-state index in [9.17, 15) is 9.59 Å². The van der Waals surface area contributed by atoms with Crippen LogP contribution in [0, 0.1) is 0 Å². The van der Waals surface area contributed by atoms with E-state index in [-0.39, 0.29) is 13.2 Å². The van der Waals surface area contributed by atoms with Crippen LogP contribution in [0.5, 0.6) is 0 Å². The molecule has 0 saturated carbocycles. The maximum Gasteiger partial charge on any atom is 0.287 e. The van der Waals surface area contributed by atoms with Gasteiger partial charge in [0.2, 0.25) is 0 Å². The van der Waals surface area contributed by atoms with Crippen molar-refractivity contribution in [1.82, 2.24) is 15.1 Å². The fourth-order valence-electron chi connectivity index (χ4n) is 3.57. The molecule has 9 nitrogen and oxygen atoms in total. The summed E-state index contributed by atoms with van der Waals surface area (Å²) >= 11 is 0. The van der Waals surface area contributed by atoms with Crippen molar-refractivity contribution in [3.05, 3.63) is 72.3 Å². The molecule has 0 saturated heterocycles. The van der Waals surface area contributed by atoms with Crippen molar-refractivity contribution in [2.24, 2.45) is 15.7 Å². The number of aromatic nitrogens is 2. The maximum atomic E-state index is 13.0. The fourth-order valence-corrected chi connectivity index (χ4v) is 3.57. The third-order valence-electron chi connectivity index (χ3n) is 5.36. The summed E-state index contributed by atoms with van der Waals surface area (Å²) in [6, 6.07) is 20.6. The van der Waals surface area contributed by atoms with Crippen LogP contribution in [0.3, 0.4) is 0 Å². The lowest BCUT2D eigenvalue weighted by atomic mass is 10.1. The second-order valence-corrected chi connectivity index (χ2v) is 7.65. The minimum atomic E-state index is -0.737. The van der Waals surface area contributed by atoms with Crippen LogP contribution in [-0.2, 0) is 22.7 Å². The van der Waals surface area contributed by atoms with Gasteiger partial charge >= 0.3 is 0 Å². The first-order chi connectivity index (χ1) is 16.0. The number of likely N-dealkylation sites (N-methyl/N-ethyl adjacent to an activating group) is 1. The topological polar surface area (TPSA) is 118 Å². The Hall–Kier alpha value is -4.27. The number of carbonyl (C=O) groups excluding carboxylic acids is 2. The summed E-state index contributed by atoms with van der Waals surface area (Å²) in [5.41, 5.74) is 8.57. The number of carbonyl (C=O) groups is 2. The minimum Gasteiger partial charge on any atom is -0.379 e. The van der Waals surface area contributed by atoms with Crippen LogP contribution in [0.2, 0.25) is 0 Å². The van der Waals surface area contributed by atoms with E-state index in [0.29, 0.717) is 25.3 Å². The van der Waals surface area contributed by atoms with Gasteiger partial charge in [0.15, 0.2) is 5.84 Å². The third kappa shape index (κ3) is 5.15. The average molecular weight is 446 g/mol. The maximum absolute atomic E-state index is 13.0.